The van der Waals surface area contributed by atoms with E-state index in [1.807, 2.05) is 30.3 Å². The van der Waals surface area contributed by atoms with Gasteiger partial charge in [-0.15, -0.1) is 0 Å². The highest BCUT2D eigenvalue weighted by atomic mass is 16.4. The lowest BCUT2D eigenvalue weighted by atomic mass is 9.84. The first-order chi connectivity index (χ1) is 13.9. The van der Waals surface area contributed by atoms with Gasteiger partial charge in [0.2, 0.25) is 11.8 Å². The van der Waals surface area contributed by atoms with E-state index < -0.39 is 30.0 Å². The summed E-state index contributed by atoms with van der Waals surface area (Å²) in [4.78, 5) is 38.5. The number of benzene rings is 1. The number of hydrogen-bond donors (Lipinski definition) is 3. The number of carboxylic acid groups (broad SMARTS) is 1. The van der Waals surface area contributed by atoms with E-state index in [0.29, 0.717) is 19.3 Å². The van der Waals surface area contributed by atoms with Crippen LogP contribution in [-0.4, -0.2) is 52.0 Å². The number of likely N-dealkylation sites (tertiary alicyclic amines) is 1. The summed E-state index contributed by atoms with van der Waals surface area (Å²) in [5.74, 6) is -1.45. The summed E-state index contributed by atoms with van der Waals surface area (Å²) < 4.78 is 0. The minimum absolute atomic E-state index is 0.0158. The smallest absolute Gasteiger partial charge is 0.326 e. The van der Waals surface area contributed by atoms with Crippen molar-refractivity contribution >= 4 is 17.8 Å². The van der Waals surface area contributed by atoms with Crippen molar-refractivity contribution in [2.45, 2.75) is 76.0 Å². The molecular formula is C22H31N3O4. The molecule has 4 N–H and O–H groups in total. The molecule has 3 unspecified atom stereocenters. The summed E-state index contributed by atoms with van der Waals surface area (Å²) in [5.41, 5.74) is 6.66. The van der Waals surface area contributed by atoms with Gasteiger partial charge < -0.3 is 15.7 Å². The van der Waals surface area contributed by atoms with Crippen LogP contribution in [0.1, 0.15) is 51.0 Å². The van der Waals surface area contributed by atoms with Crippen LogP contribution in [0.25, 0.3) is 0 Å². The van der Waals surface area contributed by atoms with Gasteiger partial charge in [0.25, 0.3) is 0 Å². The van der Waals surface area contributed by atoms with Gasteiger partial charge in [-0.05, 0) is 50.5 Å². The summed E-state index contributed by atoms with van der Waals surface area (Å²) in [6.07, 6.45) is 5.58. The molecule has 3 rings (SSSR count). The molecule has 158 valence electrons. The third-order valence-electron chi connectivity index (χ3n) is 6.36. The lowest BCUT2D eigenvalue weighted by molar-refractivity contribution is -0.150. The summed E-state index contributed by atoms with van der Waals surface area (Å²) >= 11 is 0. The van der Waals surface area contributed by atoms with Crippen LogP contribution >= 0.6 is 0 Å². The first kappa shape index (κ1) is 21.3. The number of nitrogens with two attached hydrogens (primary N) is 1. The summed E-state index contributed by atoms with van der Waals surface area (Å²) in [7, 11) is 0. The predicted molar refractivity (Wildman–Crippen MR) is 109 cm³/mol. The zero-order valence-electron chi connectivity index (χ0n) is 16.9. The molecule has 0 spiro atoms. The zero-order chi connectivity index (χ0) is 21.0. The van der Waals surface area contributed by atoms with Gasteiger partial charge in [-0.1, -0.05) is 43.2 Å². The molecule has 1 saturated carbocycles. The van der Waals surface area contributed by atoms with Gasteiger partial charge in [0, 0.05) is 6.04 Å². The van der Waals surface area contributed by atoms with Gasteiger partial charge in [-0.3, -0.25) is 14.9 Å². The van der Waals surface area contributed by atoms with Crippen LogP contribution in [0, 0.1) is 5.92 Å². The number of fused-ring (bicyclic) bond motifs is 1. The van der Waals surface area contributed by atoms with Crippen molar-refractivity contribution in [3.63, 3.8) is 0 Å². The fourth-order valence-corrected chi connectivity index (χ4v) is 4.86. The van der Waals surface area contributed by atoms with Crippen molar-refractivity contribution in [3.8, 4) is 0 Å². The standard InChI is InChI=1S/C22H31N3O4/c1-14(24-17(20(23)26)12-11-15-7-3-2-4-8-15)21(27)25-18-10-6-5-9-16(18)13-19(25)22(28)29/h2-4,7-8,14,16-19,24H,5-6,9-13H2,1H3,(H2,23,26)(H,28,29)/t14?,16?,17-,18?,19-/m0/s1. The topological polar surface area (TPSA) is 113 Å². The predicted octanol–water partition coefficient (Wildman–Crippen LogP) is 1.70. The fourth-order valence-electron chi connectivity index (χ4n) is 4.86. The third kappa shape index (κ3) is 4.96. The number of nitrogens with one attached hydrogen (secondary N) is 1. The highest BCUT2D eigenvalue weighted by Gasteiger charge is 2.48. The van der Waals surface area contributed by atoms with E-state index in [4.69, 9.17) is 5.73 Å². The molecule has 0 bridgehead atoms. The van der Waals surface area contributed by atoms with Gasteiger partial charge in [-0.2, -0.15) is 0 Å². The fraction of sp³-hybridized carbons (Fsp3) is 0.591. The van der Waals surface area contributed by atoms with E-state index in [9.17, 15) is 19.5 Å². The molecule has 29 heavy (non-hydrogen) atoms. The number of carbonyl (C=O) groups is 3. The molecule has 1 heterocycles. The molecule has 1 saturated heterocycles. The van der Waals surface area contributed by atoms with Gasteiger partial charge in [-0.25, -0.2) is 4.79 Å². The Morgan fingerprint density at radius 2 is 1.90 bits per heavy atom. The van der Waals surface area contributed by atoms with Crippen molar-refractivity contribution in [3.05, 3.63) is 35.9 Å². The van der Waals surface area contributed by atoms with Crippen LogP contribution in [0.2, 0.25) is 0 Å². The largest absolute Gasteiger partial charge is 0.480 e. The Morgan fingerprint density at radius 3 is 2.55 bits per heavy atom. The number of rotatable bonds is 8. The van der Waals surface area contributed by atoms with E-state index in [-0.39, 0.29) is 17.9 Å². The van der Waals surface area contributed by atoms with Crippen molar-refractivity contribution in [1.82, 2.24) is 10.2 Å². The first-order valence-corrected chi connectivity index (χ1v) is 10.5. The van der Waals surface area contributed by atoms with E-state index >= 15 is 0 Å². The maximum absolute atomic E-state index is 13.2. The molecule has 7 nitrogen and oxygen atoms in total. The number of carbonyl (C=O) groups excluding carboxylic acids is 2. The number of aliphatic carboxylic acids is 1. The SMILES string of the molecule is CC(N[C@@H](CCc1ccccc1)C(N)=O)C(=O)N1C2CCCCC2C[C@H]1C(=O)O. The molecule has 2 fully saturated rings. The monoisotopic (exact) mass is 401 g/mol. The zero-order valence-corrected chi connectivity index (χ0v) is 16.9. The maximum Gasteiger partial charge on any atom is 0.326 e. The molecule has 5 atom stereocenters. The van der Waals surface area contributed by atoms with Crippen molar-refractivity contribution < 1.29 is 19.5 Å². The molecule has 1 aliphatic carbocycles. The van der Waals surface area contributed by atoms with E-state index in [0.717, 1.165) is 31.2 Å². The normalized spacial score (nSPS) is 25.8. The van der Waals surface area contributed by atoms with Crippen LogP contribution < -0.4 is 11.1 Å². The molecule has 1 aliphatic heterocycles. The Hall–Kier alpha value is -2.41. The molecular weight excluding hydrogens is 370 g/mol. The van der Waals surface area contributed by atoms with Gasteiger partial charge in [0.1, 0.15) is 6.04 Å². The average Bonchev–Trinajstić information content (AvgIpc) is 3.10. The highest BCUT2D eigenvalue weighted by molar-refractivity contribution is 5.88. The van der Waals surface area contributed by atoms with E-state index in [1.165, 1.54) is 0 Å². The van der Waals surface area contributed by atoms with Crippen molar-refractivity contribution in [2.75, 3.05) is 0 Å². The van der Waals surface area contributed by atoms with Crippen molar-refractivity contribution in [2.24, 2.45) is 11.7 Å². The quantitative estimate of drug-likeness (QED) is 0.614. The van der Waals surface area contributed by atoms with E-state index in [1.54, 1.807) is 11.8 Å². The number of hydrogen-bond acceptors (Lipinski definition) is 4. The lowest BCUT2D eigenvalue weighted by Gasteiger charge is -2.35. The molecule has 0 radical (unpaired) electrons. The van der Waals surface area contributed by atoms with Gasteiger partial charge in [0.15, 0.2) is 0 Å². The van der Waals surface area contributed by atoms with Crippen LogP contribution in [0.5, 0.6) is 0 Å². The Labute approximate surface area is 171 Å². The number of aryl methyl sites for hydroxylation is 1. The highest BCUT2D eigenvalue weighted by Crippen LogP contribution is 2.40. The summed E-state index contributed by atoms with van der Waals surface area (Å²) in [6.45, 7) is 1.69. The lowest BCUT2D eigenvalue weighted by Crippen LogP contribution is -2.56. The average molecular weight is 402 g/mol. The van der Waals surface area contributed by atoms with Crippen molar-refractivity contribution in [1.29, 1.82) is 0 Å². The second kappa shape index (κ2) is 9.39. The number of nitrogens with zero attached hydrogens (tertiary/aromatic N) is 1. The van der Waals surface area contributed by atoms with Gasteiger partial charge in [0.05, 0.1) is 12.1 Å². The second-order valence-electron chi connectivity index (χ2n) is 8.31. The minimum Gasteiger partial charge on any atom is -0.480 e. The molecule has 2 amide bonds. The second-order valence-corrected chi connectivity index (χ2v) is 8.31. The molecule has 0 aromatic heterocycles. The summed E-state index contributed by atoms with van der Waals surface area (Å²) in [6, 6.07) is 7.65. The Kier molecular flexibility index (Phi) is 6.90. The Bertz CT molecular complexity index is 739. The third-order valence-corrected chi connectivity index (χ3v) is 6.36. The maximum atomic E-state index is 13.2. The Morgan fingerprint density at radius 1 is 1.21 bits per heavy atom. The number of primary amides is 1. The molecule has 1 aromatic carbocycles. The van der Waals surface area contributed by atoms with Crippen LogP contribution in [0.4, 0.5) is 0 Å². The van der Waals surface area contributed by atoms with Crippen LogP contribution in [0.3, 0.4) is 0 Å². The molecule has 7 heteroatoms. The van der Waals surface area contributed by atoms with Gasteiger partial charge >= 0.3 is 5.97 Å². The Balaban J connectivity index is 1.66. The molecule has 1 aromatic rings. The first-order valence-electron chi connectivity index (χ1n) is 10.5. The van der Waals surface area contributed by atoms with Crippen LogP contribution in [0.15, 0.2) is 30.3 Å². The minimum atomic E-state index is -0.949. The number of amides is 2. The van der Waals surface area contributed by atoms with E-state index in [2.05, 4.69) is 5.32 Å². The van der Waals surface area contributed by atoms with Crippen LogP contribution in [-0.2, 0) is 20.8 Å². The molecule has 2 aliphatic rings. The summed E-state index contributed by atoms with van der Waals surface area (Å²) in [5, 5.41) is 12.7. The number of carboxylic acids is 1.